The number of carbonyl (C=O) groups is 6. The van der Waals surface area contributed by atoms with Crippen LogP contribution in [0.2, 0.25) is 0 Å². The Hall–Kier alpha value is -2.94. The minimum Gasteiger partial charge on any atom is -0.346 e. The molecule has 3 rings (SSSR count). The summed E-state index contributed by atoms with van der Waals surface area (Å²) in [5.41, 5.74) is 0. The zero-order chi connectivity index (χ0) is 26.7. The van der Waals surface area contributed by atoms with Gasteiger partial charge in [-0.2, -0.15) is 21.9 Å². The maximum atomic E-state index is 11.0. The minimum atomic E-state index is -4.27. The van der Waals surface area contributed by atoms with Gasteiger partial charge in [0.15, 0.2) is 0 Å². The first-order valence-electron chi connectivity index (χ1n) is 8.83. The van der Waals surface area contributed by atoms with Gasteiger partial charge in [0, 0.05) is 38.1 Å². The van der Waals surface area contributed by atoms with E-state index in [-0.39, 0.29) is 50.3 Å². The molecule has 4 amide bonds. The number of nitrogens with zero attached hydrogens (tertiary/aromatic N) is 2. The van der Waals surface area contributed by atoms with Gasteiger partial charge in [0.05, 0.1) is 24.3 Å². The number of hydrogen-bond donors (Lipinski definition) is 3. The van der Waals surface area contributed by atoms with E-state index in [2.05, 4.69) is 21.4 Å². The van der Waals surface area contributed by atoms with E-state index in [9.17, 15) is 45.6 Å². The standard InChI is InChI=1S/C7H9NO7S.C4H5NO3.C3H4O4S.CH4.HNS/c9-5-1-2-6(10)8(5)15-7(11)3-4-16(12,13)14;6-3-1-2-4(7)5(3)8;4-3-1-2-8(5,6)7-3;;1-2/h1-4H2,(H,12,13,14);8H,1-2H2;1-2H2;1H4;1H. The first kappa shape index (κ1) is 34.2. The molecule has 200 valence electrons. The summed E-state index contributed by atoms with van der Waals surface area (Å²) < 4.78 is 58.6. The molecular weight excluding hydrogens is 542 g/mol. The Morgan fingerprint density at radius 1 is 0.971 bits per heavy atom. The van der Waals surface area contributed by atoms with Crippen LogP contribution in [0.15, 0.2) is 0 Å². The van der Waals surface area contributed by atoms with Gasteiger partial charge in [-0.3, -0.25) is 33.7 Å². The normalized spacial score (nSPS) is 18.2. The molecular formula is C15H23N3O14S3. The molecule has 0 atom stereocenters. The van der Waals surface area contributed by atoms with Crippen molar-refractivity contribution < 1.29 is 64.4 Å². The van der Waals surface area contributed by atoms with Crippen LogP contribution in [0.25, 0.3) is 0 Å². The highest BCUT2D eigenvalue weighted by atomic mass is 32.2. The first-order valence-corrected chi connectivity index (χ1v) is 12.4. The van der Waals surface area contributed by atoms with Crippen molar-refractivity contribution in [2.24, 2.45) is 0 Å². The van der Waals surface area contributed by atoms with Gasteiger partial charge in [-0.1, -0.05) is 7.43 Å². The summed E-state index contributed by atoms with van der Waals surface area (Å²) in [6.45, 7) is 0. The van der Waals surface area contributed by atoms with Crippen molar-refractivity contribution in [1.82, 2.24) is 10.1 Å². The van der Waals surface area contributed by atoms with Crippen LogP contribution in [0.4, 0.5) is 0 Å². The molecule has 0 radical (unpaired) electrons. The Morgan fingerprint density at radius 3 is 1.66 bits per heavy atom. The average Bonchev–Trinajstić information content (AvgIpc) is 3.35. The summed E-state index contributed by atoms with van der Waals surface area (Å²) in [7, 11) is -7.71. The molecule has 0 aromatic heterocycles. The van der Waals surface area contributed by atoms with Gasteiger partial charge in [-0.05, 0) is 0 Å². The number of carbonyl (C=O) groups excluding carboxylic acids is 6. The number of imide groups is 2. The second kappa shape index (κ2) is 15.1. The second-order valence-corrected chi connectivity index (χ2v) is 9.41. The van der Waals surface area contributed by atoms with Gasteiger partial charge >= 0.3 is 22.1 Å². The first-order chi connectivity index (χ1) is 15.6. The SMILES string of the molecule is C.N=S.O=C(CCS(=O)(=O)O)ON1C(=O)CCC1=O.O=C1CCC(=O)N1O.O=C1CCS(=O)(=O)O1. The number of rotatable bonds is 4. The summed E-state index contributed by atoms with van der Waals surface area (Å²) in [6, 6.07) is 0. The molecule has 3 fully saturated rings. The smallest absolute Gasteiger partial charge is 0.334 e. The highest BCUT2D eigenvalue weighted by Gasteiger charge is 2.33. The van der Waals surface area contributed by atoms with Crippen LogP contribution in [0.3, 0.4) is 0 Å². The van der Waals surface area contributed by atoms with Crippen molar-refractivity contribution in [3.63, 3.8) is 0 Å². The lowest BCUT2D eigenvalue weighted by molar-refractivity contribution is -0.197. The van der Waals surface area contributed by atoms with E-state index in [0.29, 0.717) is 5.06 Å². The summed E-state index contributed by atoms with van der Waals surface area (Å²) in [6.07, 6.45) is -0.405. The fourth-order valence-electron chi connectivity index (χ4n) is 2.02. The average molecular weight is 566 g/mol. The summed E-state index contributed by atoms with van der Waals surface area (Å²) in [5.74, 6) is -5.00. The largest absolute Gasteiger partial charge is 0.346 e. The lowest BCUT2D eigenvalue weighted by Crippen LogP contribution is -2.32. The van der Waals surface area contributed by atoms with Crippen LogP contribution in [-0.4, -0.2) is 83.8 Å². The van der Waals surface area contributed by atoms with E-state index in [0.717, 1.165) is 0 Å². The second-order valence-electron chi connectivity index (χ2n) is 6.15. The molecule has 3 aliphatic heterocycles. The Bertz CT molecular complexity index is 1010. The van der Waals surface area contributed by atoms with Gasteiger partial charge in [-0.15, -0.1) is 5.06 Å². The minimum absolute atomic E-state index is 0. The summed E-state index contributed by atoms with van der Waals surface area (Å²) >= 11 is 3.33. The quantitative estimate of drug-likeness (QED) is 0.153. The van der Waals surface area contributed by atoms with E-state index in [1.165, 1.54) is 0 Å². The maximum absolute atomic E-state index is 11.0. The van der Waals surface area contributed by atoms with Crippen LogP contribution in [-0.2, 0) is 70.4 Å². The Morgan fingerprint density at radius 2 is 1.40 bits per heavy atom. The molecule has 3 saturated heterocycles. The predicted molar refractivity (Wildman–Crippen MR) is 112 cm³/mol. The monoisotopic (exact) mass is 565 g/mol. The van der Waals surface area contributed by atoms with Crippen molar-refractivity contribution in [2.45, 2.75) is 46.0 Å². The zero-order valence-electron chi connectivity index (χ0n) is 17.1. The highest BCUT2D eigenvalue weighted by molar-refractivity contribution is 7.87. The molecule has 0 saturated carbocycles. The molecule has 3 aliphatic rings. The van der Waals surface area contributed by atoms with Crippen molar-refractivity contribution in [3.8, 4) is 0 Å². The predicted octanol–water partition coefficient (Wildman–Crippen LogP) is -1.41. The van der Waals surface area contributed by atoms with Crippen LogP contribution in [0, 0.1) is 4.78 Å². The van der Waals surface area contributed by atoms with Gasteiger partial charge in [0.25, 0.3) is 33.7 Å². The molecule has 0 spiro atoms. The fourth-order valence-corrected chi connectivity index (χ4v) is 3.31. The number of hydroxylamine groups is 4. The van der Waals surface area contributed by atoms with Crippen LogP contribution in [0.5, 0.6) is 0 Å². The Balaban J connectivity index is 0. The lowest BCUT2D eigenvalue weighted by atomic mass is 10.4. The third-order valence-corrected chi connectivity index (χ3v) is 5.43. The van der Waals surface area contributed by atoms with Crippen molar-refractivity contribution in [1.29, 1.82) is 4.78 Å². The number of nitrogens with one attached hydrogen (secondary N) is 1. The van der Waals surface area contributed by atoms with E-state index in [4.69, 9.17) is 14.5 Å². The third-order valence-electron chi connectivity index (χ3n) is 3.56. The third kappa shape index (κ3) is 13.5. The van der Waals surface area contributed by atoms with E-state index in [1.54, 1.807) is 0 Å². The maximum Gasteiger partial charge on any atom is 0.334 e. The zero-order valence-corrected chi connectivity index (χ0v) is 19.5. The molecule has 0 aliphatic carbocycles. The van der Waals surface area contributed by atoms with Gasteiger partial charge < -0.3 is 9.02 Å². The van der Waals surface area contributed by atoms with E-state index in [1.807, 2.05) is 0 Å². The summed E-state index contributed by atoms with van der Waals surface area (Å²) in [5, 5.41) is 8.88. The molecule has 0 aromatic rings. The van der Waals surface area contributed by atoms with Crippen molar-refractivity contribution in [2.75, 3.05) is 11.5 Å². The van der Waals surface area contributed by atoms with Crippen molar-refractivity contribution in [3.05, 3.63) is 0 Å². The van der Waals surface area contributed by atoms with Crippen LogP contribution < -0.4 is 0 Å². The van der Waals surface area contributed by atoms with E-state index < -0.39 is 68.0 Å². The Kier molecular flexibility index (Phi) is 14.8. The Labute approximate surface area is 205 Å². The van der Waals surface area contributed by atoms with E-state index >= 15 is 0 Å². The molecule has 0 bridgehead atoms. The molecule has 35 heavy (non-hydrogen) atoms. The molecule has 0 unspecified atom stereocenters. The number of amides is 4. The molecule has 17 nitrogen and oxygen atoms in total. The lowest BCUT2D eigenvalue weighted by Gasteiger charge is -2.11. The van der Waals surface area contributed by atoms with Gasteiger partial charge in [-0.25, -0.2) is 9.57 Å². The summed E-state index contributed by atoms with van der Waals surface area (Å²) in [4.78, 5) is 67.8. The topological polar surface area (TPSA) is 260 Å². The molecule has 3 heterocycles. The highest BCUT2D eigenvalue weighted by Crippen LogP contribution is 2.12. The molecule has 20 heteroatoms. The van der Waals surface area contributed by atoms with Gasteiger partial charge in [0.1, 0.15) is 0 Å². The molecule has 0 aromatic carbocycles. The number of hydrogen-bond acceptors (Lipinski definition) is 15. The van der Waals surface area contributed by atoms with Crippen LogP contribution >= 0.6 is 0 Å². The fraction of sp³-hybridized carbons (Fsp3) is 0.600. The van der Waals surface area contributed by atoms with Crippen molar-refractivity contribution >= 4 is 68.2 Å². The van der Waals surface area contributed by atoms with Crippen LogP contribution in [0.1, 0.15) is 46.0 Å². The molecule has 3 N–H and O–H groups in total. The van der Waals surface area contributed by atoms with Gasteiger partial charge in [0.2, 0.25) is 0 Å².